The first-order chi connectivity index (χ1) is 9.50. The Morgan fingerprint density at radius 2 is 1.95 bits per heavy atom. The lowest BCUT2D eigenvalue weighted by atomic mass is 10.1. The Hall–Kier alpha value is -0.170. The van der Waals surface area contributed by atoms with Crippen molar-refractivity contribution in [2.45, 2.75) is 38.8 Å². The van der Waals surface area contributed by atoms with E-state index in [9.17, 15) is 8.42 Å². The zero-order valence-corrected chi connectivity index (χ0v) is 13.7. The molecule has 2 aliphatic rings. The predicted octanol–water partition coefficient (Wildman–Crippen LogP) is 0.179. The molecule has 2 heterocycles. The van der Waals surface area contributed by atoms with E-state index in [0.29, 0.717) is 24.1 Å². The molecule has 20 heavy (non-hydrogen) atoms. The number of hydrogen-bond acceptors (Lipinski definition) is 5. The minimum absolute atomic E-state index is 0.154. The van der Waals surface area contributed by atoms with Crippen LogP contribution in [0.25, 0.3) is 0 Å². The number of hydrogen-bond donors (Lipinski definition) is 1. The van der Waals surface area contributed by atoms with Gasteiger partial charge in [0.1, 0.15) is 0 Å². The van der Waals surface area contributed by atoms with Crippen molar-refractivity contribution in [3.63, 3.8) is 0 Å². The molecule has 0 saturated carbocycles. The first kappa shape index (κ1) is 16.2. The maximum Gasteiger partial charge on any atom is 0.153 e. The third-order valence-corrected chi connectivity index (χ3v) is 6.45. The maximum atomic E-state index is 11.6. The summed E-state index contributed by atoms with van der Waals surface area (Å²) in [6.07, 6.45) is 2.16. The van der Waals surface area contributed by atoms with Crippen LogP contribution in [0.2, 0.25) is 0 Å². The fourth-order valence-electron chi connectivity index (χ4n) is 3.08. The van der Waals surface area contributed by atoms with Crippen LogP contribution in [0.15, 0.2) is 0 Å². The average molecular weight is 303 g/mol. The van der Waals surface area contributed by atoms with E-state index in [2.05, 4.69) is 29.0 Å². The number of nitrogens with zero attached hydrogens (tertiary/aromatic N) is 2. The van der Waals surface area contributed by atoms with Crippen molar-refractivity contribution >= 4 is 9.84 Å². The van der Waals surface area contributed by atoms with Gasteiger partial charge in [-0.3, -0.25) is 4.90 Å². The Balaban J connectivity index is 1.68. The van der Waals surface area contributed by atoms with Crippen LogP contribution >= 0.6 is 0 Å². The van der Waals surface area contributed by atoms with Gasteiger partial charge in [-0.25, -0.2) is 8.42 Å². The largest absolute Gasteiger partial charge is 0.312 e. The lowest BCUT2D eigenvalue weighted by Crippen LogP contribution is -2.51. The van der Waals surface area contributed by atoms with Crippen molar-refractivity contribution in [1.29, 1.82) is 0 Å². The van der Waals surface area contributed by atoms with Gasteiger partial charge in [0.15, 0.2) is 9.84 Å². The van der Waals surface area contributed by atoms with Crippen LogP contribution in [0.3, 0.4) is 0 Å². The summed E-state index contributed by atoms with van der Waals surface area (Å²) in [5.41, 5.74) is 0. The van der Waals surface area contributed by atoms with Crippen LogP contribution in [0.1, 0.15) is 26.7 Å². The lowest BCUT2D eigenvalue weighted by Gasteiger charge is -2.38. The molecule has 2 unspecified atom stereocenters. The third-order valence-electron chi connectivity index (χ3n) is 4.72. The molecule has 0 aromatic carbocycles. The van der Waals surface area contributed by atoms with Gasteiger partial charge >= 0.3 is 0 Å². The molecule has 0 bridgehead atoms. The fraction of sp³-hybridized carbons (Fsp3) is 1.00. The number of nitrogens with one attached hydrogen (secondary N) is 1. The molecule has 118 valence electrons. The van der Waals surface area contributed by atoms with Gasteiger partial charge in [-0.15, -0.1) is 0 Å². The summed E-state index contributed by atoms with van der Waals surface area (Å²) in [6, 6.07) is 0.837. The molecule has 2 aliphatic heterocycles. The zero-order valence-electron chi connectivity index (χ0n) is 12.8. The van der Waals surface area contributed by atoms with Gasteiger partial charge in [-0.1, -0.05) is 6.92 Å². The van der Waals surface area contributed by atoms with E-state index < -0.39 is 9.84 Å². The Morgan fingerprint density at radius 1 is 1.25 bits per heavy atom. The summed E-state index contributed by atoms with van der Waals surface area (Å²) in [7, 11) is -2.80. The first-order valence-electron chi connectivity index (χ1n) is 7.90. The fourth-order valence-corrected chi connectivity index (χ4v) is 4.57. The van der Waals surface area contributed by atoms with Crippen molar-refractivity contribution in [3.8, 4) is 0 Å². The van der Waals surface area contributed by atoms with E-state index in [1.807, 2.05) is 0 Å². The SMILES string of the molecule is CCC(C)N1CCN(CCC2CS(=O)(=O)CCN2)CC1. The summed E-state index contributed by atoms with van der Waals surface area (Å²) in [5.74, 6) is 0.622. The van der Waals surface area contributed by atoms with Gasteiger partial charge in [0.25, 0.3) is 0 Å². The van der Waals surface area contributed by atoms with E-state index in [-0.39, 0.29) is 6.04 Å². The number of piperazine rings is 1. The molecular weight excluding hydrogens is 274 g/mol. The number of rotatable bonds is 5. The molecule has 1 N–H and O–H groups in total. The second kappa shape index (κ2) is 7.20. The smallest absolute Gasteiger partial charge is 0.153 e. The second-order valence-corrected chi connectivity index (χ2v) is 8.42. The van der Waals surface area contributed by atoms with Crippen LogP contribution in [0.5, 0.6) is 0 Å². The van der Waals surface area contributed by atoms with Crippen LogP contribution < -0.4 is 5.32 Å². The van der Waals surface area contributed by atoms with Crippen LogP contribution in [0, 0.1) is 0 Å². The quantitative estimate of drug-likeness (QED) is 0.785. The van der Waals surface area contributed by atoms with E-state index in [1.165, 1.54) is 6.42 Å². The van der Waals surface area contributed by atoms with E-state index in [0.717, 1.165) is 39.1 Å². The highest BCUT2D eigenvalue weighted by Gasteiger charge is 2.25. The monoisotopic (exact) mass is 303 g/mol. The van der Waals surface area contributed by atoms with Crippen molar-refractivity contribution in [1.82, 2.24) is 15.1 Å². The first-order valence-corrected chi connectivity index (χ1v) is 9.72. The van der Waals surface area contributed by atoms with Gasteiger partial charge < -0.3 is 10.2 Å². The molecule has 0 amide bonds. The molecule has 0 aromatic heterocycles. The van der Waals surface area contributed by atoms with Gasteiger partial charge in [0, 0.05) is 44.8 Å². The second-order valence-electron chi connectivity index (χ2n) is 6.19. The highest BCUT2D eigenvalue weighted by molar-refractivity contribution is 7.91. The summed E-state index contributed by atoms with van der Waals surface area (Å²) >= 11 is 0. The Morgan fingerprint density at radius 3 is 2.55 bits per heavy atom. The summed E-state index contributed by atoms with van der Waals surface area (Å²) in [4.78, 5) is 5.03. The zero-order chi connectivity index (χ0) is 14.6. The lowest BCUT2D eigenvalue weighted by molar-refractivity contribution is 0.0982. The molecule has 0 aliphatic carbocycles. The van der Waals surface area contributed by atoms with Crippen molar-refractivity contribution < 1.29 is 8.42 Å². The van der Waals surface area contributed by atoms with Crippen molar-refractivity contribution in [2.24, 2.45) is 0 Å². The molecular formula is C14H29N3O2S. The molecule has 0 radical (unpaired) electrons. The Bertz CT molecular complexity index is 391. The average Bonchev–Trinajstić information content (AvgIpc) is 2.44. The molecule has 0 spiro atoms. The van der Waals surface area contributed by atoms with Crippen molar-refractivity contribution in [2.75, 3.05) is 50.8 Å². The molecule has 2 rings (SSSR count). The van der Waals surface area contributed by atoms with E-state index in [1.54, 1.807) is 0 Å². The van der Waals surface area contributed by atoms with E-state index >= 15 is 0 Å². The molecule has 0 aromatic rings. The molecule has 2 fully saturated rings. The van der Waals surface area contributed by atoms with Crippen molar-refractivity contribution in [3.05, 3.63) is 0 Å². The maximum absolute atomic E-state index is 11.6. The van der Waals surface area contributed by atoms with Crippen LogP contribution in [-0.4, -0.2) is 81.1 Å². The molecule has 5 nitrogen and oxygen atoms in total. The highest BCUT2D eigenvalue weighted by atomic mass is 32.2. The predicted molar refractivity (Wildman–Crippen MR) is 82.8 cm³/mol. The number of sulfone groups is 1. The molecule has 2 saturated heterocycles. The topological polar surface area (TPSA) is 52.7 Å². The van der Waals surface area contributed by atoms with Crippen LogP contribution in [-0.2, 0) is 9.84 Å². The Kier molecular flexibility index (Phi) is 5.84. The third kappa shape index (κ3) is 4.69. The van der Waals surface area contributed by atoms with Gasteiger partial charge in [0.2, 0.25) is 0 Å². The highest BCUT2D eigenvalue weighted by Crippen LogP contribution is 2.11. The van der Waals surface area contributed by atoms with Crippen LogP contribution in [0.4, 0.5) is 0 Å². The normalized spacial score (nSPS) is 30.2. The Labute approximate surface area is 123 Å². The summed E-state index contributed by atoms with van der Waals surface area (Å²) in [5, 5.41) is 3.33. The molecule has 6 heteroatoms. The van der Waals surface area contributed by atoms with Gasteiger partial charge in [-0.2, -0.15) is 0 Å². The minimum Gasteiger partial charge on any atom is -0.312 e. The minimum atomic E-state index is -2.80. The summed E-state index contributed by atoms with van der Waals surface area (Å²) in [6.45, 7) is 10.7. The summed E-state index contributed by atoms with van der Waals surface area (Å²) < 4.78 is 23.2. The van der Waals surface area contributed by atoms with Gasteiger partial charge in [-0.05, 0) is 26.3 Å². The standard InChI is InChI=1S/C14H29N3O2S/c1-3-13(2)17-9-7-16(8-10-17)6-4-14-12-20(18,19)11-5-15-14/h13-15H,3-12H2,1-2H3. The molecule has 2 atom stereocenters. The van der Waals surface area contributed by atoms with Gasteiger partial charge in [0.05, 0.1) is 11.5 Å². The van der Waals surface area contributed by atoms with E-state index in [4.69, 9.17) is 0 Å².